The summed E-state index contributed by atoms with van der Waals surface area (Å²) in [4.78, 5) is 5.61. The summed E-state index contributed by atoms with van der Waals surface area (Å²) in [5, 5.41) is 8.66. The van der Waals surface area contributed by atoms with Gasteiger partial charge in [0.15, 0.2) is 0 Å². The largest absolute Gasteiger partial charge is 0.367 e. The Balaban J connectivity index is 2.25. The summed E-state index contributed by atoms with van der Waals surface area (Å²) in [7, 11) is 0. The molecule has 0 amide bonds. The topological polar surface area (TPSA) is 36.4 Å². The van der Waals surface area contributed by atoms with Crippen LogP contribution in [0.5, 0.6) is 0 Å². The van der Waals surface area contributed by atoms with Gasteiger partial charge in [0.05, 0.1) is 10.6 Å². The molecule has 0 spiro atoms. The van der Waals surface area contributed by atoms with E-state index in [9.17, 15) is 0 Å². The van der Waals surface area contributed by atoms with Gasteiger partial charge in [0.2, 0.25) is 0 Å². The van der Waals surface area contributed by atoms with Gasteiger partial charge in [-0.3, -0.25) is 0 Å². The molecule has 13 heavy (non-hydrogen) atoms. The Labute approximate surface area is 81.9 Å². The molecule has 1 aliphatic rings. The zero-order valence-corrected chi connectivity index (χ0v) is 8.61. The van der Waals surface area contributed by atoms with Crippen LogP contribution < -0.4 is 10.6 Å². The maximum atomic E-state index is 4.39. The lowest BCUT2D eigenvalue weighted by Crippen LogP contribution is -2.33. The molecule has 3 nitrogen and oxygen atoms in total. The molecule has 0 saturated carbocycles. The van der Waals surface area contributed by atoms with Crippen molar-refractivity contribution in [1.82, 2.24) is 5.32 Å². The molecule has 2 heterocycles. The highest BCUT2D eigenvalue weighted by atomic mass is 32.1. The predicted octanol–water partition coefficient (Wildman–Crippen LogP) is 1.88. The first kappa shape index (κ1) is 8.56. The summed E-state index contributed by atoms with van der Waals surface area (Å²) >= 11 is 1.72. The Hall–Kier alpha value is -1.03. The molecule has 0 saturated heterocycles. The lowest BCUT2D eigenvalue weighted by atomic mass is 10.3. The van der Waals surface area contributed by atoms with Crippen LogP contribution in [0.4, 0.5) is 5.69 Å². The fraction of sp³-hybridized carbons (Fsp3) is 0.444. The maximum absolute atomic E-state index is 4.39. The van der Waals surface area contributed by atoms with Crippen LogP contribution in [-0.4, -0.2) is 18.5 Å². The summed E-state index contributed by atoms with van der Waals surface area (Å²) < 4.78 is 0. The van der Waals surface area contributed by atoms with Crippen LogP contribution in [0.15, 0.2) is 16.4 Å². The molecule has 0 unspecified atom stereocenters. The molecular weight excluding hydrogens is 182 g/mol. The van der Waals surface area contributed by atoms with E-state index in [0.29, 0.717) is 12.7 Å². The fourth-order valence-electron chi connectivity index (χ4n) is 1.29. The quantitative estimate of drug-likeness (QED) is 0.717. The smallest absolute Gasteiger partial charge is 0.142 e. The highest BCUT2D eigenvalue weighted by Gasteiger charge is 2.14. The molecule has 2 N–H and O–H groups in total. The van der Waals surface area contributed by atoms with E-state index < -0.39 is 0 Å². The number of fused-ring (bicyclic) bond motifs is 1. The van der Waals surface area contributed by atoms with Crippen LogP contribution in [0.25, 0.3) is 0 Å². The Morgan fingerprint density at radius 1 is 1.62 bits per heavy atom. The summed E-state index contributed by atoms with van der Waals surface area (Å²) in [6, 6.07) is 2.53. The third kappa shape index (κ3) is 1.67. The minimum absolute atomic E-state index is 0.437. The Morgan fingerprint density at radius 2 is 2.46 bits per heavy atom. The van der Waals surface area contributed by atoms with Crippen LogP contribution in [0.1, 0.15) is 18.7 Å². The number of hydrogen-bond donors (Lipinski definition) is 2. The molecule has 70 valence electrons. The van der Waals surface area contributed by atoms with Crippen molar-refractivity contribution in [2.45, 2.75) is 19.9 Å². The Kier molecular flexibility index (Phi) is 2.22. The summed E-state index contributed by atoms with van der Waals surface area (Å²) in [5.41, 5.74) is 1.20. The van der Waals surface area contributed by atoms with Crippen molar-refractivity contribution in [3.05, 3.63) is 16.3 Å². The van der Waals surface area contributed by atoms with Crippen molar-refractivity contribution in [2.75, 3.05) is 12.0 Å². The first-order valence-electron chi connectivity index (χ1n) is 4.40. The van der Waals surface area contributed by atoms with Gasteiger partial charge < -0.3 is 10.6 Å². The molecule has 0 atom stereocenters. The molecule has 0 aromatic carbocycles. The number of nitrogens with zero attached hydrogens (tertiary/aromatic N) is 1. The second-order valence-corrected chi connectivity index (χ2v) is 4.22. The Morgan fingerprint density at radius 3 is 3.23 bits per heavy atom. The number of anilines is 1. The standard InChI is InChI=1S/C9H13N3S/c1-6(2)12-9-8-7(3-4-13-8)10-5-11-9/h3-4,6,10H,5H2,1-2H3,(H,11,12). The van der Waals surface area contributed by atoms with Crippen LogP contribution in [0, 0.1) is 0 Å². The van der Waals surface area contributed by atoms with Gasteiger partial charge in [0.25, 0.3) is 0 Å². The minimum atomic E-state index is 0.437. The van der Waals surface area contributed by atoms with Gasteiger partial charge in [-0.2, -0.15) is 0 Å². The third-order valence-electron chi connectivity index (χ3n) is 1.81. The first-order chi connectivity index (χ1) is 6.27. The van der Waals surface area contributed by atoms with Crippen LogP contribution >= 0.6 is 11.3 Å². The molecule has 4 heteroatoms. The molecule has 1 aromatic heterocycles. The van der Waals surface area contributed by atoms with Gasteiger partial charge in [-0.05, 0) is 25.3 Å². The van der Waals surface area contributed by atoms with Crippen molar-refractivity contribution in [3.63, 3.8) is 0 Å². The molecule has 1 aromatic rings. The molecule has 2 rings (SSSR count). The molecule has 0 radical (unpaired) electrons. The summed E-state index contributed by atoms with van der Waals surface area (Å²) in [6.45, 7) is 4.93. The average molecular weight is 195 g/mol. The Bertz CT molecular complexity index is 327. The summed E-state index contributed by atoms with van der Waals surface area (Å²) in [6.07, 6.45) is 0. The van der Waals surface area contributed by atoms with Crippen molar-refractivity contribution in [2.24, 2.45) is 4.99 Å². The molecule has 0 bridgehead atoms. The van der Waals surface area contributed by atoms with Crippen LogP contribution in [-0.2, 0) is 0 Å². The highest BCUT2D eigenvalue weighted by Crippen LogP contribution is 2.24. The molecule has 0 aliphatic carbocycles. The SMILES string of the molecule is CC(C)NC1=NCNc2ccsc21. The van der Waals surface area contributed by atoms with Crippen LogP contribution in [0.3, 0.4) is 0 Å². The lowest BCUT2D eigenvalue weighted by molar-refractivity contribution is 0.730. The van der Waals surface area contributed by atoms with E-state index in [0.717, 1.165) is 5.84 Å². The first-order valence-corrected chi connectivity index (χ1v) is 5.28. The van der Waals surface area contributed by atoms with E-state index in [1.54, 1.807) is 11.3 Å². The van der Waals surface area contributed by atoms with E-state index in [2.05, 4.69) is 40.9 Å². The highest BCUT2D eigenvalue weighted by molar-refractivity contribution is 7.12. The van der Waals surface area contributed by atoms with E-state index in [-0.39, 0.29) is 0 Å². The number of thiophene rings is 1. The van der Waals surface area contributed by atoms with Gasteiger partial charge >= 0.3 is 0 Å². The molecule has 1 aliphatic heterocycles. The van der Waals surface area contributed by atoms with E-state index in [1.807, 2.05) is 0 Å². The monoisotopic (exact) mass is 195 g/mol. The average Bonchev–Trinajstić information content (AvgIpc) is 2.51. The lowest BCUT2D eigenvalue weighted by Gasteiger charge is -2.17. The number of hydrogen-bond acceptors (Lipinski definition) is 4. The van der Waals surface area contributed by atoms with Crippen molar-refractivity contribution < 1.29 is 0 Å². The predicted molar refractivity (Wildman–Crippen MR) is 57.6 cm³/mol. The fourth-order valence-corrected chi connectivity index (χ4v) is 2.13. The third-order valence-corrected chi connectivity index (χ3v) is 2.73. The number of amidine groups is 1. The second kappa shape index (κ2) is 3.38. The van der Waals surface area contributed by atoms with E-state index in [4.69, 9.17) is 0 Å². The maximum Gasteiger partial charge on any atom is 0.142 e. The normalized spacial score (nSPS) is 14.8. The van der Waals surface area contributed by atoms with Gasteiger partial charge in [-0.25, -0.2) is 4.99 Å². The van der Waals surface area contributed by atoms with E-state index in [1.165, 1.54) is 10.6 Å². The van der Waals surface area contributed by atoms with Crippen molar-refractivity contribution in [3.8, 4) is 0 Å². The summed E-state index contributed by atoms with van der Waals surface area (Å²) in [5.74, 6) is 1.03. The van der Waals surface area contributed by atoms with Gasteiger partial charge in [-0.1, -0.05) is 0 Å². The number of aliphatic imine (C=N–C) groups is 1. The number of nitrogens with one attached hydrogen (secondary N) is 2. The molecular formula is C9H13N3S. The van der Waals surface area contributed by atoms with E-state index >= 15 is 0 Å². The van der Waals surface area contributed by atoms with Gasteiger partial charge in [0, 0.05) is 6.04 Å². The van der Waals surface area contributed by atoms with Crippen molar-refractivity contribution >= 4 is 22.9 Å². The van der Waals surface area contributed by atoms with Crippen LogP contribution in [0.2, 0.25) is 0 Å². The second-order valence-electron chi connectivity index (χ2n) is 3.30. The van der Waals surface area contributed by atoms with Gasteiger partial charge in [0.1, 0.15) is 12.5 Å². The minimum Gasteiger partial charge on any atom is -0.367 e. The zero-order valence-electron chi connectivity index (χ0n) is 7.79. The molecule has 0 fully saturated rings. The van der Waals surface area contributed by atoms with Crippen molar-refractivity contribution in [1.29, 1.82) is 0 Å². The zero-order chi connectivity index (χ0) is 9.26. The number of rotatable bonds is 1. The van der Waals surface area contributed by atoms with Gasteiger partial charge in [-0.15, -0.1) is 11.3 Å².